The van der Waals surface area contributed by atoms with E-state index in [2.05, 4.69) is 0 Å². The van der Waals surface area contributed by atoms with Gasteiger partial charge in [0.05, 0.1) is 5.56 Å². The first kappa shape index (κ1) is 12.1. The van der Waals surface area contributed by atoms with Crippen LogP contribution in [0.3, 0.4) is 0 Å². The summed E-state index contributed by atoms with van der Waals surface area (Å²) in [6.45, 7) is 0. The molecule has 0 radical (unpaired) electrons. The fraction of sp³-hybridized carbons (Fsp3) is 0. The number of furan rings is 1. The molecule has 1 aromatic heterocycles. The first-order valence-electron chi connectivity index (χ1n) is 5.80. The molecule has 1 N–H and O–H groups in total. The number of hydrogen-bond acceptors (Lipinski definition) is 5. The van der Waals surface area contributed by atoms with Crippen molar-refractivity contribution in [1.82, 2.24) is 0 Å². The molecule has 0 fully saturated rings. The lowest BCUT2D eigenvalue weighted by Crippen LogP contribution is -2.18. The molecule has 3 rings (SSSR count). The Morgan fingerprint density at radius 1 is 1.05 bits per heavy atom. The van der Waals surface area contributed by atoms with Crippen molar-refractivity contribution in [2.75, 3.05) is 0 Å². The fourth-order valence-corrected chi connectivity index (χ4v) is 2.15. The Kier molecular flexibility index (Phi) is 2.61. The van der Waals surface area contributed by atoms with E-state index in [9.17, 15) is 19.5 Å². The van der Waals surface area contributed by atoms with Crippen molar-refractivity contribution in [3.05, 3.63) is 64.6 Å². The molecule has 1 aliphatic carbocycles. The van der Waals surface area contributed by atoms with E-state index < -0.39 is 11.5 Å². The minimum atomic E-state index is -0.431. The number of allylic oxidation sites excluding steroid dienone is 1. The van der Waals surface area contributed by atoms with Crippen LogP contribution in [0.4, 0.5) is 0 Å². The summed E-state index contributed by atoms with van der Waals surface area (Å²) in [6, 6.07) is 7.69. The Bertz CT molecular complexity index is 727. The molecule has 20 heavy (non-hydrogen) atoms. The van der Waals surface area contributed by atoms with Gasteiger partial charge in [-0.15, -0.1) is 0 Å². The van der Waals surface area contributed by atoms with Crippen LogP contribution >= 0.6 is 0 Å². The van der Waals surface area contributed by atoms with Crippen LogP contribution in [0.2, 0.25) is 0 Å². The standard InChI is InChI=1S/C15H8O5/c16-6-5-11(17)12-7-10-13(18)8-3-1-2-4-9(8)14(19)15(10)20-12/h1-7,17H/b11-5-. The molecule has 0 amide bonds. The van der Waals surface area contributed by atoms with E-state index in [1.165, 1.54) is 6.07 Å². The average Bonchev–Trinajstić information content (AvgIpc) is 2.91. The number of carbonyl (C=O) groups excluding carboxylic acids is 3. The number of ketones is 2. The van der Waals surface area contributed by atoms with Crippen molar-refractivity contribution in [3.63, 3.8) is 0 Å². The zero-order chi connectivity index (χ0) is 14.3. The highest BCUT2D eigenvalue weighted by molar-refractivity contribution is 6.27. The summed E-state index contributed by atoms with van der Waals surface area (Å²) < 4.78 is 5.21. The third kappa shape index (κ3) is 1.60. The van der Waals surface area contributed by atoms with Gasteiger partial charge in [-0.2, -0.15) is 0 Å². The second-order valence-electron chi connectivity index (χ2n) is 4.25. The van der Waals surface area contributed by atoms with Crippen LogP contribution in [0.15, 0.2) is 40.8 Å². The molecule has 5 nitrogen and oxygen atoms in total. The van der Waals surface area contributed by atoms with Crippen LogP contribution < -0.4 is 0 Å². The second-order valence-corrected chi connectivity index (χ2v) is 4.25. The quantitative estimate of drug-likeness (QED) is 0.437. The van der Waals surface area contributed by atoms with Crippen LogP contribution in [-0.2, 0) is 4.79 Å². The van der Waals surface area contributed by atoms with Gasteiger partial charge in [0.25, 0.3) is 0 Å². The Hall–Kier alpha value is -2.95. The minimum Gasteiger partial charge on any atom is -0.504 e. The Balaban J connectivity index is 2.19. The van der Waals surface area contributed by atoms with Gasteiger partial charge < -0.3 is 9.52 Å². The molecular formula is C15H8O5. The number of rotatable bonds is 2. The summed E-state index contributed by atoms with van der Waals surface area (Å²) in [5, 5.41) is 9.57. The Morgan fingerprint density at radius 2 is 1.70 bits per heavy atom. The van der Waals surface area contributed by atoms with Crippen LogP contribution in [0.25, 0.3) is 5.76 Å². The lowest BCUT2D eigenvalue weighted by Gasteiger charge is -2.11. The summed E-state index contributed by atoms with van der Waals surface area (Å²) in [5.74, 6) is -1.39. The van der Waals surface area contributed by atoms with Gasteiger partial charge in [0.2, 0.25) is 5.78 Å². The summed E-state index contributed by atoms with van der Waals surface area (Å²) in [7, 11) is 0. The highest BCUT2D eigenvalue weighted by Gasteiger charge is 2.33. The monoisotopic (exact) mass is 268 g/mol. The molecule has 0 aliphatic heterocycles. The number of aliphatic hydroxyl groups excluding tert-OH is 1. The van der Waals surface area contributed by atoms with E-state index in [0.717, 1.165) is 6.08 Å². The number of hydrogen-bond donors (Lipinski definition) is 1. The second kappa shape index (κ2) is 4.31. The van der Waals surface area contributed by atoms with Crippen molar-refractivity contribution < 1.29 is 23.9 Å². The predicted molar refractivity (Wildman–Crippen MR) is 68.7 cm³/mol. The van der Waals surface area contributed by atoms with Gasteiger partial charge in [-0.1, -0.05) is 24.3 Å². The highest BCUT2D eigenvalue weighted by atomic mass is 16.4. The van der Waals surface area contributed by atoms with Gasteiger partial charge in [0, 0.05) is 17.2 Å². The average molecular weight is 268 g/mol. The zero-order valence-electron chi connectivity index (χ0n) is 10.1. The first-order valence-corrected chi connectivity index (χ1v) is 5.80. The summed E-state index contributed by atoms with van der Waals surface area (Å²) >= 11 is 0. The van der Waals surface area contributed by atoms with Crippen molar-refractivity contribution in [2.24, 2.45) is 0 Å². The smallest absolute Gasteiger partial charge is 0.229 e. The lowest BCUT2D eigenvalue weighted by molar-refractivity contribution is -0.104. The van der Waals surface area contributed by atoms with Crippen molar-refractivity contribution in [2.45, 2.75) is 0 Å². The molecule has 98 valence electrons. The molecular weight excluding hydrogens is 260 g/mol. The predicted octanol–water partition coefficient (Wildman–Crippen LogP) is 2.15. The molecule has 0 bridgehead atoms. The maximum Gasteiger partial charge on any atom is 0.229 e. The Labute approximate surface area is 113 Å². The third-order valence-electron chi connectivity index (χ3n) is 3.08. The largest absolute Gasteiger partial charge is 0.504 e. The maximum atomic E-state index is 12.3. The fourth-order valence-electron chi connectivity index (χ4n) is 2.15. The molecule has 1 aromatic carbocycles. The van der Waals surface area contributed by atoms with Gasteiger partial charge in [0.1, 0.15) is 6.29 Å². The van der Waals surface area contributed by atoms with Crippen molar-refractivity contribution in [3.8, 4) is 0 Å². The lowest BCUT2D eigenvalue weighted by atomic mass is 9.88. The van der Waals surface area contributed by atoms with Gasteiger partial charge in [0.15, 0.2) is 23.1 Å². The SMILES string of the molecule is O=C/C=C(\O)c1cc2c(o1)C(=O)c1ccccc1C2=O. The summed E-state index contributed by atoms with van der Waals surface area (Å²) in [4.78, 5) is 34.8. The van der Waals surface area contributed by atoms with E-state index in [4.69, 9.17) is 4.42 Å². The molecule has 0 saturated carbocycles. The maximum absolute atomic E-state index is 12.3. The number of benzene rings is 1. The normalized spacial score (nSPS) is 13.9. The van der Waals surface area contributed by atoms with E-state index in [-0.39, 0.29) is 28.4 Å². The van der Waals surface area contributed by atoms with Crippen LogP contribution in [0.5, 0.6) is 0 Å². The molecule has 1 aliphatic rings. The van der Waals surface area contributed by atoms with Crippen LogP contribution in [-0.4, -0.2) is 23.0 Å². The van der Waals surface area contributed by atoms with E-state index in [0.29, 0.717) is 11.8 Å². The first-order chi connectivity index (χ1) is 9.63. The van der Waals surface area contributed by atoms with Crippen LogP contribution in [0, 0.1) is 0 Å². The van der Waals surface area contributed by atoms with Gasteiger partial charge in [-0.05, 0) is 6.07 Å². The summed E-state index contributed by atoms with van der Waals surface area (Å²) in [6.07, 6.45) is 1.27. The highest BCUT2D eigenvalue weighted by Crippen LogP contribution is 2.31. The summed E-state index contributed by atoms with van der Waals surface area (Å²) in [5.41, 5.74) is 0.663. The molecule has 2 aromatic rings. The van der Waals surface area contributed by atoms with Gasteiger partial charge >= 0.3 is 0 Å². The third-order valence-corrected chi connectivity index (χ3v) is 3.08. The molecule has 0 spiro atoms. The van der Waals surface area contributed by atoms with Crippen molar-refractivity contribution in [1.29, 1.82) is 0 Å². The topological polar surface area (TPSA) is 84.6 Å². The number of fused-ring (bicyclic) bond motifs is 2. The zero-order valence-corrected chi connectivity index (χ0v) is 10.1. The molecule has 0 saturated heterocycles. The number of aliphatic hydroxyl groups is 1. The van der Waals surface area contributed by atoms with Gasteiger partial charge in [-0.3, -0.25) is 14.4 Å². The van der Waals surface area contributed by atoms with Crippen molar-refractivity contribution >= 4 is 23.6 Å². The van der Waals surface area contributed by atoms with Gasteiger partial charge in [-0.25, -0.2) is 0 Å². The van der Waals surface area contributed by atoms with Crippen LogP contribution in [0.1, 0.15) is 37.8 Å². The molecule has 0 atom stereocenters. The minimum absolute atomic E-state index is 0.0865. The number of aldehydes is 1. The van der Waals surface area contributed by atoms with E-state index >= 15 is 0 Å². The molecule has 5 heteroatoms. The number of carbonyl (C=O) groups is 3. The Morgan fingerprint density at radius 3 is 2.35 bits per heavy atom. The van der Waals surface area contributed by atoms with E-state index in [1.54, 1.807) is 24.3 Å². The van der Waals surface area contributed by atoms with E-state index in [1.807, 2.05) is 0 Å². The molecule has 1 heterocycles. The molecule has 0 unspecified atom stereocenters.